The lowest BCUT2D eigenvalue weighted by atomic mass is 10.0. The van der Waals surface area contributed by atoms with Crippen molar-refractivity contribution in [1.82, 2.24) is 10.3 Å². The molecule has 1 unspecified atom stereocenters. The Kier molecular flexibility index (Phi) is 4.53. The molecule has 0 aliphatic carbocycles. The molecule has 0 fully saturated rings. The molecule has 0 amide bonds. The highest BCUT2D eigenvalue weighted by Gasteiger charge is 2.13. The van der Waals surface area contributed by atoms with Crippen LogP contribution < -0.4 is 5.32 Å². The Morgan fingerprint density at radius 1 is 1.33 bits per heavy atom. The van der Waals surface area contributed by atoms with Crippen LogP contribution in [0, 0.1) is 6.92 Å². The van der Waals surface area contributed by atoms with Crippen LogP contribution in [0.4, 0.5) is 0 Å². The summed E-state index contributed by atoms with van der Waals surface area (Å²) in [6.07, 6.45) is 7.62. The lowest BCUT2D eigenvalue weighted by molar-refractivity contribution is 0.503. The zero-order valence-corrected chi connectivity index (χ0v) is 11.0. The van der Waals surface area contributed by atoms with Gasteiger partial charge in [-0.1, -0.05) is 6.92 Å². The maximum atomic E-state index is 5.41. The number of nitrogens with zero attached hydrogens (tertiary/aromatic N) is 1. The molecule has 0 aliphatic heterocycles. The molecule has 2 aromatic heterocycles. The van der Waals surface area contributed by atoms with E-state index in [0.29, 0.717) is 6.04 Å². The first-order valence-corrected chi connectivity index (χ1v) is 6.47. The van der Waals surface area contributed by atoms with Gasteiger partial charge in [0, 0.05) is 24.0 Å². The molecule has 0 saturated carbocycles. The van der Waals surface area contributed by atoms with Gasteiger partial charge < -0.3 is 9.73 Å². The summed E-state index contributed by atoms with van der Waals surface area (Å²) < 4.78 is 5.41. The maximum absolute atomic E-state index is 5.41. The van der Waals surface area contributed by atoms with Crippen LogP contribution in [-0.2, 0) is 6.42 Å². The standard InChI is InChI=1S/C15H20N2O/c1-3-6-17-15(14-9-12(2)18-11-14)10-13-4-7-16-8-5-13/h4-5,7-9,11,15,17H,3,6,10H2,1-2H3. The molecule has 0 spiro atoms. The van der Waals surface area contributed by atoms with Crippen molar-refractivity contribution in [3.05, 3.63) is 53.7 Å². The van der Waals surface area contributed by atoms with E-state index in [1.165, 1.54) is 11.1 Å². The highest BCUT2D eigenvalue weighted by atomic mass is 16.3. The zero-order valence-electron chi connectivity index (χ0n) is 11.0. The van der Waals surface area contributed by atoms with Crippen molar-refractivity contribution in [1.29, 1.82) is 0 Å². The number of aromatic nitrogens is 1. The summed E-state index contributed by atoms with van der Waals surface area (Å²) in [7, 11) is 0. The summed E-state index contributed by atoms with van der Waals surface area (Å²) in [5, 5.41) is 3.57. The Morgan fingerprint density at radius 3 is 2.72 bits per heavy atom. The maximum Gasteiger partial charge on any atom is 0.101 e. The van der Waals surface area contributed by atoms with Crippen molar-refractivity contribution in [3.63, 3.8) is 0 Å². The molecule has 0 saturated heterocycles. The van der Waals surface area contributed by atoms with E-state index in [-0.39, 0.29) is 0 Å². The SMILES string of the molecule is CCCNC(Cc1ccncc1)c1coc(C)c1. The minimum absolute atomic E-state index is 0.310. The number of furan rings is 1. The van der Waals surface area contributed by atoms with Crippen LogP contribution in [0.1, 0.15) is 36.3 Å². The third kappa shape index (κ3) is 3.44. The molecule has 0 aromatic carbocycles. The number of hydrogen-bond acceptors (Lipinski definition) is 3. The molecule has 2 rings (SSSR count). The largest absolute Gasteiger partial charge is 0.469 e. The Morgan fingerprint density at radius 2 is 2.11 bits per heavy atom. The molecular weight excluding hydrogens is 224 g/mol. The van der Waals surface area contributed by atoms with E-state index >= 15 is 0 Å². The van der Waals surface area contributed by atoms with Crippen molar-refractivity contribution in [2.24, 2.45) is 0 Å². The van der Waals surface area contributed by atoms with E-state index in [1.54, 1.807) is 0 Å². The molecular formula is C15H20N2O. The second-order valence-corrected chi connectivity index (χ2v) is 4.56. The number of aryl methyl sites for hydroxylation is 1. The van der Waals surface area contributed by atoms with Crippen LogP contribution >= 0.6 is 0 Å². The van der Waals surface area contributed by atoms with E-state index in [9.17, 15) is 0 Å². The Hall–Kier alpha value is -1.61. The number of nitrogens with one attached hydrogen (secondary N) is 1. The number of pyridine rings is 1. The molecule has 0 bridgehead atoms. The van der Waals surface area contributed by atoms with Crippen molar-refractivity contribution in [2.45, 2.75) is 32.7 Å². The minimum Gasteiger partial charge on any atom is -0.469 e. The second kappa shape index (κ2) is 6.36. The normalized spacial score (nSPS) is 12.6. The monoisotopic (exact) mass is 244 g/mol. The summed E-state index contributed by atoms with van der Waals surface area (Å²) in [5.41, 5.74) is 2.51. The highest BCUT2D eigenvalue weighted by Crippen LogP contribution is 2.20. The van der Waals surface area contributed by atoms with Crippen LogP contribution in [0.2, 0.25) is 0 Å². The summed E-state index contributed by atoms with van der Waals surface area (Å²) in [4.78, 5) is 4.05. The Bertz CT molecular complexity index is 464. The topological polar surface area (TPSA) is 38.1 Å². The van der Waals surface area contributed by atoms with Crippen LogP contribution in [0.5, 0.6) is 0 Å². The Balaban J connectivity index is 2.10. The molecule has 96 valence electrons. The van der Waals surface area contributed by atoms with Gasteiger partial charge in [-0.2, -0.15) is 0 Å². The van der Waals surface area contributed by atoms with E-state index in [0.717, 1.165) is 25.1 Å². The van der Waals surface area contributed by atoms with Gasteiger partial charge in [-0.05, 0) is 50.1 Å². The van der Waals surface area contributed by atoms with Gasteiger partial charge in [0.2, 0.25) is 0 Å². The first kappa shape index (κ1) is 12.8. The van der Waals surface area contributed by atoms with Gasteiger partial charge in [-0.3, -0.25) is 4.98 Å². The van der Waals surface area contributed by atoms with E-state index < -0.39 is 0 Å². The van der Waals surface area contributed by atoms with Crippen molar-refractivity contribution < 1.29 is 4.42 Å². The molecule has 0 aliphatic rings. The predicted molar refractivity (Wildman–Crippen MR) is 72.4 cm³/mol. The molecule has 1 atom stereocenters. The van der Waals surface area contributed by atoms with E-state index in [4.69, 9.17) is 4.42 Å². The van der Waals surface area contributed by atoms with E-state index in [2.05, 4.69) is 35.4 Å². The molecule has 0 radical (unpaired) electrons. The van der Waals surface area contributed by atoms with Gasteiger partial charge in [0.1, 0.15) is 5.76 Å². The quantitative estimate of drug-likeness (QED) is 0.847. The van der Waals surface area contributed by atoms with Crippen LogP contribution in [0.25, 0.3) is 0 Å². The summed E-state index contributed by atoms with van der Waals surface area (Å²) in [5.74, 6) is 0.961. The number of hydrogen-bond donors (Lipinski definition) is 1. The van der Waals surface area contributed by atoms with Crippen LogP contribution in [0.15, 0.2) is 41.3 Å². The highest BCUT2D eigenvalue weighted by molar-refractivity contribution is 5.21. The van der Waals surface area contributed by atoms with Gasteiger partial charge in [0.05, 0.1) is 6.26 Å². The molecule has 1 N–H and O–H groups in total. The van der Waals surface area contributed by atoms with Gasteiger partial charge in [-0.15, -0.1) is 0 Å². The number of rotatable bonds is 6. The first-order valence-electron chi connectivity index (χ1n) is 6.47. The van der Waals surface area contributed by atoms with Crippen molar-refractivity contribution in [2.75, 3.05) is 6.54 Å². The lowest BCUT2D eigenvalue weighted by Gasteiger charge is -2.17. The fourth-order valence-corrected chi connectivity index (χ4v) is 2.03. The lowest BCUT2D eigenvalue weighted by Crippen LogP contribution is -2.23. The average Bonchev–Trinajstić information content (AvgIpc) is 2.82. The predicted octanol–water partition coefficient (Wildman–Crippen LogP) is 3.27. The molecule has 2 aromatic rings. The van der Waals surface area contributed by atoms with Gasteiger partial charge in [0.15, 0.2) is 0 Å². The minimum atomic E-state index is 0.310. The average molecular weight is 244 g/mol. The summed E-state index contributed by atoms with van der Waals surface area (Å²) in [6, 6.07) is 6.54. The Labute approximate surface area is 108 Å². The van der Waals surface area contributed by atoms with Crippen LogP contribution in [-0.4, -0.2) is 11.5 Å². The van der Waals surface area contributed by atoms with Gasteiger partial charge >= 0.3 is 0 Å². The third-order valence-corrected chi connectivity index (χ3v) is 2.98. The molecule has 2 heterocycles. The van der Waals surface area contributed by atoms with Gasteiger partial charge in [0.25, 0.3) is 0 Å². The summed E-state index contributed by atoms with van der Waals surface area (Å²) >= 11 is 0. The molecule has 18 heavy (non-hydrogen) atoms. The summed E-state index contributed by atoms with van der Waals surface area (Å²) in [6.45, 7) is 5.17. The van der Waals surface area contributed by atoms with E-state index in [1.807, 2.05) is 25.6 Å². The first-order chi connectivity index (χ1) is 8.79. The van der Waals surface area contributed by atoms with Gasteiger partial charge in [-0.25, -0.2) is 0 Å². The fraction of sp³-hybridized carbons (Fsp3) is 0.400. The zero-order chi connectivity index (χ0) is 12.8. The van der Waals surface area contributed by atoms with Crippen molar-refractivity contribution >= 4 is 0 Å². The smallest absolute Gasteiger partial charge is 0.101 e. The fourth-order valence-electron chi connectivity index (χ4n) is 2.03. The third-order valence-electron chi connectivity index (χ3n) is 2.98. The molecule has 3 nitrogen and oxygen atoms in total. The van der Waals surface area contributed by atoms with Crippen LogP contribution in [0.3, 0.4) is 0 Å². The molecule has 3 heteroatoms. The second-order valence-electron chi connectivity index (χ2n) is 4.56. The van der Waals surface area contributed by atoms with Crippen molar-refractivity contribution in [3.8, 4) is 0 Å².